The van der Waals surface area contributed by atoms with E-state index in [1.54, 1.807) is 6.92 Å². The molecule has 0 aliphatic heterocycles. The molecule has 0 bridgehead atoms. The minimum atomic E-state index is -3.02. The summed E-state index contributed by atoms with van der Waals surface area (Å²) < 4.78 is 48.5. The first-order chi connectivity index (χ1) is 11.8. The van der Waals surface area contributed by atoms with Crippen LogP contribution in [-0.2, 0) is 7.05 Å². The molecule has 0 spiro atoms. The van der Waals surface area contributed by atoms with Crippen molar-refractivity contribution < 1.29 is 27.4 Å². The summed E-state index contributed by atoms with van der Waals surface area (Å²) in [5, 5.41) is 7.54. The Balaban J connectivity index is 2.11. The normalized spacial score (nSPS) is 11.2. The van der Waals surface area contributed by atoms with E-state index in [0.717, 1.165) is 10.9 Å². The van der Waals surface area contributed by atoms with E-state index in [1.807, 2.05) is 0 Å². The quantitative estimate of drug-likeness (QED) is 0.636. The third-order valence-corrected chi connectivity index (χ3v) is 3.20. The molecule has 0 atom stereocenters. The van der Waals surface area contributed by atoms with Crippen LogP contribution >= 0.6 is 0 Å². The van der Waals surface area contributed by atoms with E-state index in [0.29, 0.717) is 5.69 Å². The second-order valence-corrected chi connectivity index (χ2v) is 4.86. The number of aryl methyl sites for hydroxylation is 2. The maximum absolute atomic E-state index is 13.7. The van der Waals surface area contributed by atoms with Gasteiger partial charge in [0.05, 0.1) is 24.6 Å². The number of benzene rings is 1. The van der Waals surface area contributed by atoms with Gasteiger partial charge < -0.3 is 9.47 Å². The molecule has 1 amide bonds. The highest BCUT2D eigenvalue weighted by Gasteiger charge is 2.14. The van der Waals surface area contributed by atoms with Crippen LogP contribution in [0.15, 0.2) is 23.3 Å². The highest BCUT2D eigenvalue weighted by molar-refractivity contribution is 5.95. The van der Waals surface area contributed by atoms with Gasteiger partial charge in [0.25, 0.3) is 5.91 Å². The van der Waals surface area contributed by atoms with E-state index in [9.17, 15) is 18.0 Å². The lowest BCUT2D eigenvalue weighted by Crippen LogP contribution is -2.18. The number of hydrazone groups is 1. The van der Waals surface area contributed by atoms with E-state index in [2.05, 4.69) is 20.4 Å². The number of aromatic nitrogens is 2. The lowest BCUT2D eigenvalue weighted by Gasteiger charge is -2.10. The van der Waals surface area contributed by atoms with Gasteiger partial charge in [-0.15, -0.1) is 0 Å². The summed E-state index contributed by atoms with van der Waals surface area (Å²) in [6.45, 7) is -1.42. The van der Waals surface area contributed by atoms with Crippen LogP contribution in [0, 0.1) is 12.9 Å². The van der Waals surface area contributed by atoms with E-state index in [4.69, 9.17) is 4.74 Å². The molecule has 0 radical (unpaired) electrons. The number of ether oxygens (including phenoxy) is 2. The summed E-state index contributed by atoms with van der Waals surface area (Å²) in [7, 11) is 2.69. The van der Waals surface area contributed by atoms with Gasteiger partial charge in [-0.25, -0.2) is 10.1 Å². The number of carbonyl (C=O) groups excluding carboxylic acids is 1. The predicted molar refractivity (Wildman–Crippen MR) is 82.6 cm³/mol. The first-order valence-electron chi connectivity index (χ1n) is 6.98. The SMILES string of the molecule is COc1cc(C(=O)N/N=C\c2c(C)nn(C)c2F)ccc1OC(F)F. The zero-order valence-electron chi connectivity index (χ0n) is 13.6. The van der Waals surface area contributed by atoms with Crippen LogP contribution < -0.4 is 14.9 Å². The van der Waals surface area contributed by atoms with Gasteiger partial charge in [0, 0.05) is 12.6 Å². The standard InChI is InChI=1S/C15H15F3N4O3/c1-8-10(13(16)22(2)21-8)7-19-20-14(23)9-4-5-11(25-15(17)18)12(6-9)24-3/h4-7,15H,1-3H3,(H,20,23)/b19-7-. The number of hydrogen-bond acceptors (Lipinski definition) is 5. The summed E-state index contributed by atoms with van der Waals surface area (Å²) in [5.74, 6) is -1.47. The Morgan fingerprint density at radius 2 is 2.12 bits per heavy atom. The third kappa shape index (κ3) is 4.28. The van der Waals surface area contributed by atoms with Crippen LogP contribution in [-0.4, -0.2) is 35.6 Å². The number of nitrogens with zero attached hydrogens (tertiary/aromatic N) is 3. The van der Waals surface area contributed by atoms with Crippen LogP contribution in [0.4, 0.5) is 13.2 Å². The van der Waals surface area contributed by atoms with Crippen molar-refractivity contribution in [2.75, 3.05) is 7.11 Å². The average molecular weight is 356 g/mol. The second kappa shape index (κ2) is 7.69. The molecule has 2 rings (SSSR count). The number of halogens is 3. The number of alkyl halides is 2. The first kappa shape index (κ1) is 18.3. The highest BCUT2D eigenvalue weighted by Crippen LogP contribution is 2.29. The second-order valence-electron chi connectivity index (χ2n) is 4.86. The molecule has 1 aromatic carbocycles. The van der Waals surface area contributed by atoms with Crippen LogP contribution in [0.3, 0.4) is 0 Å². The van der Waals surface area contributed by atoms with Gasteiger partial charge >= 0.3 is 6.61 Å². The molecule has 1 aromatic heterocycles. The summed E-state index contributed by atoms with van der Waals surface area (Å²) in [6.07, 6.45) is 1.13. The molecule has 2 aromatic rings. The fourth-order valence-corrected chi connectivity index (χ4v) is 2.02. The van der Waals surface area contributed by atoms with Gasteiger partial charge in [0.15, 0.2) is 11.5 Å². The summed E-state index contributed by atoms with van der Waals surface area (Å²) >= 11 is 0. The van der Waals surface area contributed by atoms with Gasteiger partial charge in [-0.05, 0) is 25.1 Å². The molecule has 7 nitrogen and oxygen atoms in total. The Kier molecular flexibility index (Phi) is 5.63. The van der Waals surface area contributed by atoms with E-state index in [-0.39, 0.29) is 22.6 Å². The molecule has 0 saturated carbocycles. The molecule has 0 aliphatic carbocycles. The van der Waals surface area contributed by atoms with Gasteiger partial charge in [0.2, 0.25) is 5.95 Å². The molecule has 25 heavy (non-hydrogen) atoms. The van der Waals surface area contributed by atoms with E-state index in [1.165, 1.54) is 32.4 Å². The largest absolute Gasteiger partial charge is 0.493 e. The summed E-state index contributed by atoms with van der Waals surface area (Å²) in [6, 6.07) is 3.66. The van der Waals surface area contributed by atoms with Gasteiger partial charge in [-0.1, -0.05) is 0 Å². The molecule has 1 N–H and O–H groups in total. The van der Waals surface area contributed by atoms with Crippen molar-refractivity contribution in [3.05, 3.63) is 41.0 Å². The molecular formula is C15H15F3N4O3. The van der Waals surface area contributed by atoms with Crippen molar-refractivity contribution in [1.82, 2.24) is 15.2 Å². The molecule has 0 saturated heterocycles. The average Bonchev–Trinajstić information content (AvgIpc) is 2.80. The molecule has 1 heterocycles. The minimum absolute atomic E-state index is 0.0360. The van der Waals surface area contributed by atoms with Crippen LogP contribution in [0.5, 0.6) is 11.5 Å². The molecular weight excluding hydrogens is 341 g/mol. The van der Waals surface area contributed by atoms with Crippen molar-refractivity contribution in [3.63, 3.8) is 0 Å². The monoisotopic (exact) mass is 356 g/mol. The molecule has 10 heteroatoms. The van der Waals surface area contributed by atoms with E-state index < -0.39 is 18.5 Å². The number of nitrogens with one attached hydrogen (secondary N) is 1. The lowest BCUT2D eigenvalue weighted by molar-refractivity contribution is -0.0512. The number of carbonyl (C=O) groups is 1. The highest BCUT2D eigenvalue weighted by atomic mass is 19.3. The van der Waals surface area contributed by atoms with Crippen molar-refractivity contribution in [2.45, 2.75) is 13.5 Å². The fraction of sp³-hybridized carbons (Fsp3) is 0.267. The zero-order chi connectivity index (χ0) is 18.6. The number of hydrogen-bond donors (Lipinski definition) is 1. The fourth-order valence-electron chi connectivity index (χ4n) is 2.02. The zero-order valence-corrected chi connectivity index (χ0v) is 13.6. The Bertz CT molecular complexity index is 806. The predicted octanol–water partition coefficient (Wildman–Crippen LogP) is 2.24. The maximum Gasteiger partial charge on any atom is 0.387 e. The summed E-state index contributed by atoms with van der Waals surface area (Å²) in [4.78, 5) is 12.0. The molecule has 134 valence electrons. The van der Waals surface area contributed by atoms with Crippen LogP contribution in [0.2, 0.25) is 0 Å². The van der Waals surface area contributed by atoms with Crippen molar-refractivity contribution >= 4 is 12.1 Å². The van der Waals surface area contributed by atoms with Crippen molar-refractivity contribution in [2.24, 2.45) is 12.1 Å². The number of rotatable bonds is 6. The van der Waals surface area contributed by atoms with Gasteiger partial charge in [-0.2, -0.15) is 23.4 Å². The smallest absolute Gasteiger partial charge is 0.387 e. The third-order valence-electron chi connectivity index (χ3n) is 3.20. The van der Waals surface area contributed by atoms with Crippen molar-refractivity contribution in [3.8, 4) is 11.5 Å². The lowest BCUT2D eigenvalue weighted by atomic mass is 10.2. The van der Waals surface area contributed by atoms with Gasteiger partial charge in [-0.3, -0.25) is 4.79 Å². The molecule has 0 unspecified atom stereocenters. The van der Waals surface area contributed by atoms with Crippen LogP contribution in [0.25, 0.3) is 0 Å². The topological polar surface area (TPSA) is 77.7 Å². The first-order valence-corrected chi connectivity index (χ1v) is 6.98. The summed E-state index contributed by atoms with van der Waals surface area (Å²) in [5.41, 5.74) is 2.85. The Morgan fingerprint density at radius 1 is 1.40 bits per heavy atom. The Labute approximate surface area is 141 Å². The Hall–Kier alpha value is -3.04. The molecule has 0 aliphatic rings. The van der Waals surface area contributed by atoms with E-state index >= 15 is 0 Å². The Morgan fingerprint density at radius 3 is 2.68 bits per heavy atom. The maximum atomic E-state index is 13.7. The number of methoxy groups -OCH3 is 1. The number of amides is 1. The minimum Gasteiger partial charge on any atom is -0.493 e. The van der Waals surface area contributed by atoms with Crippen LogP contribution in [0.1, 0.15) is 21.6 Å². The van der Waals surface area contributed by atoms with Crippen molar-refractivity contribution in [1.29, 1.82) is 0 Å². The van der Waals surface area contributed by atoms with Gasteiger partial charge in [0.1, 0.15) is 0 Å². The molecule has 0 fully saturated rings.